The number of nitrogens with two attached hydrogens (primary N) is 1. The highest BCUT2D eigenvalue weighted by Gasteiger charge is 2.12. The molecule has 18 heavy (non-hydrogen) atoms. The third-order valence-corrected chi connectivity index (χ3v) is 2.98. The zero-order valence-corrected chi connectivity index (χ0v) is 11.6. The number of benzene rings is 1. The smallest absolute Gasteiger partial charge is 0.236 e. The zero-order valence-electron chi connectivity index (χ0n) is 11.6. The van der Waals surface area contributed by atoms with Crippen molar-refractivity contribution in [2.24, 2.45) is 5.73 Å². The molecule has 0 aliphatic rings. The molecule has 1 aromatic carbocycles. The molecule has 0 saturated heterocycles. The van der Waals surface area contributed by atoms with Gasteiger partial charge in [-0.05, 0) is 17.5 Å². The summed E-state index contributed by atoms with van der Waals surface area (Å²) in [6, 6.07) is 6.09. The summed E-state index contributed by atoms with van der Waals surface area (Å²) in [5.41, 5.74) is 7.60. The number of rotatable bonds is 5. The van der Waals surface area contributed by atoms with Crippen LogP contribution in [0.5, 0.6) is 5.75 Å². The van der Waals surface area contributed by atoms with E-state index in [1.165, 1.54) is 5.56 Å². The molecule has 0 heterocycles. The Morgan fingerprint density at radius 2 is 2.11 bits per heavy atom. The summed E-state index contributed by atoms with van der Waals surface area (Å²) >= 11 is 0. The molecule has 4 nitrogen and oxygen atoms in total. The minimum atomic E-state index is -0.0768. The fourth-order valence-electron chi connectivity index (χ4n) is 1.78. The van der Waals surface area contributed by atoms with Crippen molar-refractivity contribution < 1.29 is 9.53 Å². The molecule has 0 aliphatic heterocycles. The zero-order chi connectivity index (χ0) is 13.7. The Hall–Kier alpha value is -1.55. The van der Waals surface area contributed by atoms with Crippen molar-refractivity contribution in [1.29, 1.82) is 0 Å². The van der Waals surface area contributed by atoms with Gasteiger partial charge < -0.3 is 15.4 Å². The Morgan fingerprint density at radius 1 is 1.44 bits per heavy atom. The molecule has 0 unspecified atom stereocenters. The molecule has 0 atom stereocenters. The van der Waals surface area contributed by atoms with E-state index in [-0.39, 0.29) is 12.5 Å². The molecule has 0 fully saturated rings. The molecule has 0 bridgehead atoms. The lowest BCUT2D eigenvalue weighted by molar-refractivity contribution is -0.128. The van der Waals surface area contributed by atoms with Gasteiger partial charge in [0.1, 0.15) is 5.75 Å². The first kappa shape index (κ1) is 14.5. The van der Waals surface area contributed by atoms with Crippen LogP contribution in [0.4, 0.5) is 0 Å². The topological polar surface area (TPSA) is 55.6 Å². The van der Waals surface area contributed by atoms with E-state index in [0.29, 0.717) is 12.5 Å². The summed E-state index contributed by atoms with van der Waals surface area (Å²) in [6.07, 6.45) is 0. The van der Waals surface area contributed by atoms with E-state index in [1.54, 1.807) is 19.1 Å². The molecule has 0 spiro atoms. The van der Waals surface area contributed by atoms with Gasteiger partial charge in [-0.1, -0.05) is 26.0 Å². The van der Waals surface area contributed by atoms with Gasteiger partial charge in [0.2, 0.25) is 5.91 Å². The van der Waals surface area contributed by atoms with Crippen molar-refractivity contribution >= 4 is 5.91 Å². The molecule has 0 saturated carbocycles. The van der Waals surface area contributed by atoms with Crippen molar-refractivity contribution in [2.45, 2.75) is 26.3 Å². The quantitative estimate of drug-likeness (QED) is 0.866. The maximum absolute atomic E-state index is 11.5. The van der Waals surface area contributed by atoms with Crippen molar-refractivity contribution in [3.05, 3.63) is 29.3 Å². The van der Waals surface area contributed by atoms with Crippen LogP contribution in [0.3, 0.4) is 0 Å². The van der Waals surface area contributed by atoms with Crippen LogP contribution < -0.4 is 10.5 Å². The largest absolute Gasteiger partial charge is 0.496 e. The van der Waals surface area contributed by atoms with Crippen LogP contribution in [0.15, 0.2) is 18.2 Å². The first-order valence-corrected chi connectivity index (χ1v) is 6.10. The van der Waals surface area contributed by atoms with Gasteiger partial charge in [0, 0.05) is 19.2 Å². The molecule has 4 heteroatoms. The van der Waals surface area contributed by atoms with Crippen LogP contribution in [0, 0.1) is 0 Å². The number of hydrogen-bond acceptors (Lipinski definition) is 3. The molecule has 1 aromatic rings. The summed E-state index contributed by atoms with van der Waals surface area (Å²) in [4.78, 5) is 13.1. The lowest BCUT2D eigenvalue weighted by Crippen LogP contribution is -2.32. The van der Waals surface area contributed by atoms with Gasteiger partial charge in [-0.25, -0.2) is 0 Å². The van der Waals surface area contributed by atoms with E-state index in [2.05, 4.69) is 26.0 Å². The Bertz CT molecular complexity index is 416. The molecular formula is C14H22N2O2. The summed E-state index contributed by atoms with van der Waals surface area (Å²) in [5.74, 6) is 1.17. The normalized spacial score (nSPS) is 10.6. The lowest BCUT2D eigenvalue weighted by Gasteiger charge is -2.19. The SMILES string of the molecule is COc1ccc(C(C)C)cc1CN(C)C(=O)CN. The van der Waals surface area contributed by atoms with Crippen LogP contribution in [0.25, 0.3) is 0 Å². The molecule has 0 aromatic heterocycles. The molecule has 1 rings (SSSR count). The van der Waals surface area contributed by atoms with Crippen molar-refractivity contribution in [2.75, 3.05) is 20.7 Å². The molecule has 0 radical (unpaired) electrons. The third-order valence-electron chi connectivity index (χ3n) is 2.98. The molecule has 2 N–H and O–H groups in total. The second-order valence-corrected chi connectivity index (χ2v) is 4.68. The van der Waals surface area contributed by atoms with Crippen molar-refractivity contribution in [3.8, 4) is 5.75 Å². The monoisotopic (exact) mass is 250 g/mol. The van der Waals surface area contributed by atoms with Crippen molar-refractivity contribution in [3.63, 3.8) is 0 Å². The summed E-state index contributed by atoms with van der Waals surface area (Å²) in [6.45, 7) is 4.82. The van der Waals surface area contributed by atoms with Crippen LogP contribution in [0.2, 0.25) is 0 Å². The molecule has 0 aliphatic carbocycles. The minimum absolute atomic E-state index is 0.0304. The van der Waals surface area contributed by atoms with E-state index in [0.717, 1.165) is 11.3 Å². The van der Waals surface area contributed by atoms with Gasteiger partial charge in [0.05, 0.1) is 13.7 Å². The molecular weight excluding hydrogens is 228 g/mol. The highest BCUT2D eigenvalue weighted by molar-refractivity contribution is 5.77. The van der Waals surface area contributed by atoms with Crippen LogP contribution >= 0.6 is 0 Å². The van der Waals surface area contributed by atoms with Crippen LogP contribution in [0.1, 0.15) is 30.9 Å². The van der Waals surface area contributed by atoms with Gasteiger partial charge in [0.15, 0.2) is 0 Å². The highest BCUT2D eigenvalue weighted by atomic mass is 16.5. The average molecular weight is 250 g/mol. The fraction of sp³-hybridized carbons (Fsp3) is 0.500. The third kappa shape index (κ3) is 3.47. The van der Waals surface area contributed by atoms with Crippen molar-refractivity contribution in [1.82, 2.24) is 4.90 Å². The van der Waals surface area contributed by atoms with E-state index in [4.69, 9.17) is 10.5 Å². The standard InChI is InChI=1S/C14H22N2O2/c1-10(2)11-5-6-13(18-4)12(7-11)9-16(3)14(17)8-15/h5-7,10H,8-9,15H2,1-4H3. The average Bonchev–Trinajstić information content (AvgIpc) is 2.37. The summed E-state index contributed by atoms with van der Waals surface area (Å²) in [5, 5.41) is 0. The van der Waals surface area contributed by atoms with Gasteiger partial charge in [-0.15, -0.1) is 0 Å². The molecule has 1 amide bonds. The highest BCUT2D eigenvalue weighted by Crippen LogP contribution is 2.25. The number of carbonyl (C=O) groups excluding carboxylic acids is 1. The summed E-state index contributed by atoms with van der Waals surface area (Å²) < 4.78 is 5.33. The van der Waals surface area contributed by atoms with E-state index in [1.807, 2.05) is 6.07 Å². The molecule has 100 valence electrons. The van der Waals surface area contributed by atoms with E-state index in [9.17, 15) is 4.79 Å². The first-order valence-electron chi connectivity index (χ1n) is 6.10. The Labute approximate surface area is 109 Å². The van der Waals surface area contributed by atoms with Gasteiger partial charge in [-0.3, -0.25) is 4.79 Å². The van der Waals surface area contributed by atoms with Gasteiger partial charge in [-0.2, -0.15) is 0 Å². The number of hydrogen-bond donors (Lipinski definition) is 1. The number of carbonyl (C=O) groups is 1. The second kappa shape index (κ2) is 6.40. The summed E-state index contributed by atoms with van der Waals surface area (Å²) in [7, 11) is 3.38. The maximum Gasteiger partial charge on any atom is 0.236 e. The minimum Gasteiger partial charge on any atom is -0.496 e. The second-order valence-electron chi connectivity index (χ2n) is 4.68. The fourth-order valence-corrected chi connectivity index (χ4v) is 1.78. The van der Waals surface area contributed by atoms with E-state index >= 15 is 0 Å². The first-order chi connectivity index (χ1) is 8.49. The Kier molecular flexibility index (Phi) is 5.16. The van der Waals surface area contributed by atoms with E-state index < -0.39 is 0 Å². The van der Waals surface area contributed by atoms with Gasteiger partial charge in [0.25, 0.3) is 0 Å². The Morgan fingerprint density at radius 3 is 2.61 bits per heavy atom. The lowest BCUT2D eigenvalue weighted by atomic mass is 10.00. The number of likely N-dealkylation sites (N-methyl/N-ethyl adjacent to an activating group) is 1. The maximum atomic E-state index is 11.5. The van der Waals surface area contributed by atoms with Gasteiger partial charge >= 0.3 is 0 Å². The van der Waals surface area contributed by atoms with Crippen LogP contribution in [-0.2, 0) is 11.3 Å². The number of nitrogens with zero attached hydrogens (tertiary/aromatic N) is 1. The van der Waals surface area contributed by atoms with Crippen LogP contribution in [-0.4, -0.2) is 31.5 Å². The predicted molar refractivity (Wildman–Crippen MR) is 72.6 cm³/mol. The Balaban J connectivity index is 2.97. The number of ether oxygens (including phenoxy) is 1. The number of methoxy groups -OCH3 is 1. The predicted octanol–water partition coefficient (Wildman–Crippen LogP) is 1.74. The number of amides is 1.